The number of urea groups is 1. The number of aromatic amines is 1. The van der Waals surface area contributed by atoms with Crippen LogP contribution in [0.15, 0.2) is 53.3 Å². The van der Waals surface area contributed by atoms with E-state index >= 15 is 0 Å². The van der Waals surface area contributed by atoms with Gasteiger partial charge in [-0.15, -0.1) is 0 Å². The lowest BCUT2D eigenvalue weighted by Crippen LogP contribution is -2.29. The third-order valence-corrected chi connectivity index (χ3v) is 3.50. The second-order valence-electron chi connectivity index (χ2n) is 5.22. The second kappa shape index (κ2) is 6.31. The lowest BCUT2D eigenvalue weighted by molar-refractivity contribution is 0.251. The van der Waals surface area contributed by atoms with Crippen molar-refractivity contribution in [3.05, 3.63) is 70.1 Å². The van der Waals surface area contributed by atoms with E-state index in [2.05, 4.69) is 20.8 Å². The molecule has 0 bridgehead atoms. The van der Waals surface area contributed by atoms with Crippen LogP contribution < -0.4 is 16.2 Å². The van der Waals surface area contributed by atoms with E-state index in [1.165, 1.54) is 0 Å². The first-order valence-electron chi connectivity index (χ1n) is 7.21. The Morgan fingerprint density at radius 1 is 1.09 bits per heavy atom. The standard InChI is InChI=1S/C17H16N4O2/c1-11-6-8-12(9-7-11)19-17(23)18-10-15-13-4-2-3-5-14(13)16(22)21-20-15/h2-9H,10H2,1H3,(H,21,22)(H2,18,19,23). The fourth-order valence-corrected chi connectivity index (χ4v) is 2.28. The van der Waals surface area contributed by atoms with E-state index < -0.39 is 0 Å². The first kappa shape index (κ1) is 14.8. The van der Waals surface area contributed by atoms with Gasteiger partial charge in [0.2, 0.25) is 0 Å². The highest BCUT2D eigenvalue weighted by Gasteiger charge is 2.07. The normalized spacial score (nSPS) is 10.5. The zero-order chi connectivity index (χ0) is 16.2. The number of aryl methyl sites for hydroxylation is 1. The molecular formula is C17H16N4O2. The minimum atomic E-state index is -0.328. The molecule has 2 amide bonds. The van der Waals surface area contributed by atoms with Gasteiger partial charge in [0.15, 0.2) is 0 Å². The van der Waals surface area contributed by atoms with E-state index in [9.17, 15) is 9.59 Å². The predicted octanol–water partition coefficient (Wildman–Crippen LogP) is 2.55. The Morgan fingerprint density at radius 2 is 1.78 bits per heavy atom. The van der Waals surface area contributed by atoms with E-state index in [-0.39, 0.29) is 18.1 Å². The van der Waals surface area contributed by atoms with E-state index in [1.54, 1.807) is 12.1 Å². The van der Waals surface area contributed by atoms with Gasteiger partial charge in [0.1, 0.15) is 0 Å². The van der Waals surface area contributed by atoms with Crippen LogP contribution in [0.1, 0.15) is 11.3 Å². The maximum absolute atomic E-state index is 12.0. The number of nitrogens with zero attached hydrogens (tertiary/aromatic N) is 1. The first-order chi connectivity index (χ1) is 11.1. The number of carbonyl (C=O) groups excluding carboxylic acids is 1. The topological polar surface area (TPSA) is 86.9 Å². The van der Waals surface area contributed by atoms with Crippen LogP contribution in [0.2, 0.25) is 0 Å². The number of H-pyrrole nitrogens is 1. The summed E-state index contributed by atoms with van der Waals surface area (Å²) in [4.78, 5) is 23.7. The Hall–Kier alpha value is -3.15. The molecule has 3 N–H and O–H groups in total. The maximum atomic E-state index is 12.0. The van der Waals surface area contributed by atoms with Gasteiger partial charge in [-0.1, -0.05) is 35.9 Å². The van der Waals surface area contributed by atoms with Crippen LogP contribution in [0.25, 0.3) is 10.8 Å². The Balaban J connectivity index is 1.71. The lowest BCUT2D eigenvalue weighted by Gasteiger charge is -2.09. The summed E-state index contributed by atoms with van der Waals surface area (Å²) in [5.41, 5.74) is 2.21. The molecule has 0 aliphatic rings. The SMILES string of the molecule is Cc1ccc(NC(=O)NCc2n[nH]c(=O)c3ccccc23)cc1. The summed E-state index contributed by atoms with van der Waals surface area (Å²) in [5, 5.41) is 13.2. The summed E-state index contributed by atoms with van der Waals surface area (Å²) >= 11 is 0. The van der Waals surface area contributed by atoms with Gasteiger partial charge < -0.3 is 10.6 Å². The molecule has 3 rings (SSSR count). The molecule has 6 nitrogen and oxygen atoms in total. The number of hydrogen-bond donors (Lipinski definition) is 3. The number of fused-ring (bicyclic) bond motifs is 1. The average Bonchev–Trinajstić information content (AvgIpc) is 2.57. The third kappa shape index (κ3) is 3.37. The van der Waals surface area contributed by atoms with Crippen LogP contribution in [0.4, 0.5) is 10.5 Å². The van der Waals surface area contributed by atoms with Crippen molar-refractivity contribution in [3.8, 4) is 0 Å². The molecule has 116 valence electrons. The van der Waals surface area contributed by atoms with Crippen LogP contribution in [0, 0.1) is 6.92 Å². The van der Waals surface area contributed by atoms with Gasteiger partial charge in [0.05, 0.1) is 17.6 Å². The molecule has 0 spiro atoms. The van der Waals surface area contributed by atoms with Crippen molar-refractivity contribution >= 4 is 22.5 Å². The highest BCUT2D eigenvalue weighted by Crippen LogP contribution is 2.12. The van der Waals surface area contributed by atoms with Crippen molar-refractivity contribution < 1.29 is 4.79 Å². The number of aromatic nitrogens is 2. The summed E-state index contributed by atoms with van der Waals surface area (Å²) in [7, 11) is 0. The zero-order valence-electron chi connectivity index (χ0n) is 12.6. The fourth-order valence-electron chi connectivity index (χ4n) is 2.28. The van der Waals surface area contributed by atoms with Gasteiger partial charge in [-0.2, -0.15) is 5.10 Å². The van der Waals surface area contributed by atoms with E-state index in [0.717, 1.165) is 10.9 Å². The molecule has 0 fully saturated rings. The highest BCUT2D eigenvalue weighted by molar-refractivity contribution is 5.89. The Morgan fingerprint density at radius 3 is 2.52 bits per heavy atom. The molecule has 0 radical (unpaired) electrons. The number of hydrogen-bond acceptors (Lipinski definition) is 3. The summed E-state index contributed by atoms with van der Waals surface area (Å²) in [6.45, 7) is 2.20. The summed E-state index contributed by atoms with van der Waals surface area (Å²) in [6, 6.07) is 14.4. The van der Waals surface area contributed by atoms with E-state index in [0.29, 0.717) is 16.8 Å². The minimum Gasteiger partial charge on any atom is -0.332 e. The molecule has 0 atom stereocenters. The average molecular weight is 308 g/mol. The number of anilines is 1. The highest BCUT2D eigenvalue weighted by atomic mass is 16.2. The molecule has 6 heteroatoms. The number of amides is 2. The fraction of sp³-hybridized carbons (Fsp3) is 0.118. The molecule has 23 heavy (non-hydrogen) atoms. The molecule has 3 aromatic rings. The minimum absolute atomic E-state index is 0.217. The van der Waals surface area contributed by atoms with Crippen molar-refractivity contribution in [3.63, 3.8) is 0 Å². The Bertz CT molecular complexity index is 900. The summed E-state index contributed by atoms with van der Waals surface area (Å²) < 4.78 is 0. The van der Waals surface area contributed by atoms with Gasteiger partial charge >= 0.3 is 6.03 Å². The van der Waals surface area contributed by atoms with Crippen LogP contribution in [-0.2, 0) is 6.54 Å². The number of carbonyl (C=O) groups is 1. The molecule has 2 aromatic carbocycles. The first-order valence-corrected chi connectivity index (χ1v) is 7.21. The summed E-state index contributed by atoms with van der Waals surface area (Å²) in [6.07, 6.45) is 0. The van der Waals surface area contributed by atoms with Crippen molar-refractivity contribution in [2.45, 2.75) is 13.5 Å². The quantitative estimate of drug-likeness (QED) is 0.695. The van der Waals surface area contributed by atoms with Crippen molar-refractivity contribution in [1.82, 2.24) is 15.5 Å². The Labute approximate surface area is 132 Å². The van der Waals surface area contributed by atoms with Gasteiger partial charge in [-0.05, 0) is 25.1 Å². The van der Waals surface area contributed by atoms with E-state index in [1.807, 2.05) is 43.3 Å². The van der Waals surface area contributed by atoms with Crippen molar-refractivity contribution in [1.29, 1.82) is 0 Å². The third-order valence-electron chi connectivity index (χ3n) is 3.50. The molecule has 0 saturated heterocycles. The molecule has 0 saturated carbocycles. The number of nitrogens with one attached hydrogen (secondary N) is 3. The summed E-state index contributed by atoms with van der Waals surface area (Å²) in [5.74, 6) is 0. The zero-order valence-corrected chi connectivity index (χ0v) is 12.6. The number of benzene rings is 2. The largest absolute Gasteiger partial charge is 0.332 e. The van der Waals surface area contributed by atoms with Crippen molar-refractivity contribution in [2.75, 3.05) is 5.32 Å². The smallest absolute Gasteiger partial charge is 0.319 e. The lowest BCUT2D eigenvalue weighted by atomic mass is 10.1. The number of rotatable bonds is 3. The second-order valence-corrected chi connectivity index (χ2v) is 5.22. The van der Waals surface area contributed by atoms with Crippen LogP contribution in [0.3, 0.4) is 0 Å². The maximum Gasteiger partial charge on any atom is 0.319 e. The van der Waals surface area contributed by atoms with Gasteiger partial charge in [-0.3, -0.25) is 4.79 Å². The monoisotopic (exact) mass is 308 g/mol. The molecule has 1 aromatic heterocycles. The van der Waals surface area contributed by atoms with Crippen molar-refractivity contribution in [2.24, 2.45) is 0 Å². The predicted molar refractivity (Wildman–Crippen MR) is 89.4 cm³/mol. The van der Waals surface area contributed by atoms with Crippen LogP contribution in [-0.4, -0.2) is 16.2 Å². The molecule has 0 unspecified atom stereocenters. The van der Waals surface area contributed by atoms with E-state index in [4.69, 9.17) is 0 Å². The van der Waals surface area contributed by atoms with Crippen LogP contribution in [0.5, 0.6) is 0 Å². The Kier molecular flexibility index (Phi) is 4.05. The molecule has 0 aliphatic heterocycles. The van der Waals surface area contributed by atoms with Crippen LogP contribution >= 0.6 is 0 Å². The molecule has 0 aliphatic carbocycles. The van der Waals surface area contributed by atoms with Gasteiger partial charge in [0.25, 0.3) is 5.56 Å². The van der Waals surface area contributed by atoms with Gasteiger partial charge in [0, 0.05) is 11.1 Å². The van der Waals surface area contributed by atoms with Gasteiger partial charge in [-0.25, -0.2) is 9.89 Å². The molecule has 1 heterocycles. The molecular weight excluding hydrogens is 292 g/mol.